The minimum Gasteiger partial charge on any atom is -0.507 e. The number of nitrogens with one attached hydrogen (secondary N) is 1. The summed E-state index contributed by atoms with van der Waals surface area (Å²) in [5, 5.41) is 13.4. The SMILES string of the molecule is COC(=O)c1ccc(NC(=O)c2sc(C)nc2C(C)C)cc1O. The molecule has 2 aromatic rings. The van der Waals surface area contributed by atoms with Gasteiger partial charge in [-0.3, -0.25) is 4.79 Å². The van der Waals surface area contributed by atoms with E-state index in [1.807, 2.05) is 20.8 Å². The fourth-order valence-corrected chi connectivity index (χ4v) is 3.05. The molecule has 6 nitrogen and oxygen atoms in total. The van der Waals surface area contributed by atoms with Crippen molar-refractivity contribution in [2.45, 2.75) is 26.7 Å². The molecule has 7 heteroatoms. The maximum absolute atomic E-state index is 12.4. The van der Waals surface area contributed by atoms with Gasteiger partial charge in [-0.25, -0.2) is 9.78 Å². The zero-order valence-electron chi connectivity index (χ0n) is 13.3. The number of aromatic nitrogens is 1. The second-order valence-corrected chi connectivity index (χ2v) is 6.48. The number of methoxy groups -OCH3 is 1. The van der Waals surface area contributed by atoms with Gasteiger partial charge < -0.3 is 15.2 Å². The Hall–Kier alpha value is -2.41. The number of ether oxygens (including phenoxy) is 1. The summed E-state index contributed by atoms with van der Waals surface area (Å²) in [6, 6.07) is 4.25. The van der Waals surface area contributed by atoms with Gasteiger partial charge in [0.05, 0.1) is 17.8 Å². The Morgan fingerprint density at radius 2 is 2.04 bits per heavy atom. The highest BCUT2D eigenvalue weighted by molar-refractivity contribution is 7.13. The van der Waals surface area contributed by atoms with E-state index < -0.39 is 5.97 Å². The lowest BCUT2D eigenvalue weighted by Crippen LogP contribution is -2.13. The number of benzene rings is 1. The van der Waals surface area contributed by atoms with E-state index in [1.165, 1.54) is 36.6 Å². The minimum absolute atomic E-state index is 0.0435. The smallest absolute Gasteiger partial charge is 0.341 e. The van der Waals surface area contributed by atoms with E-state index in [-0.39, 0.29) is 23.1 Å². The van der Waals surface area contributed by atoms with Crippen molar-refractivity contribution in [1.29, 1.82) is 0 Å². The highest BCUT2D eigenvalue weighted by atomic mass is 32.1. The van der Waals surface area contributed by atoms with Crippen molar-refractivity contribution in [3.63, 3.8) is 0 Å². The standard InChI is InChI=1S/C16H18N2O4S/c1-8(2)13-14(23-9(3)17-13)15(20)18-10-5-6-11(12(19)7-10)16(21)22-4/h5-8,19H,1-4H3,(H,18,20). The van der Waals surface area contributed by atoms with Crippen LogP contribution in [0.2, 0.25) is 0 Å². The van der Waals surface area contributed by atoms with Crippen LogP contribution < -0.4 is 5.32 Å². The van der Waals surface area contributed by atoms with Gasteiger partial charge in [0.2, 0.25) is 0 Å². The zero-order chi connectivity index (χ0) is 17.1. The monoisotopic (exact) mass is 334 g/mol. The first kappa shape index (κ1) is 17.0. The summed E-state index contributed by atoms with van der Waals surface area (Å²) in [4.78, 5) is 28.8. The molecule has 0 saturated carbocycles. The van der Waals surface area contributed by atoms with Gasteiger partial charge in [0.15, 0.2) is 0 Å². The van der Waals surface area contributed by atoms with Gasteiger partial charge in [0.1, 0.15) is 16.2 Å². The molecular formula is C16H18N2O4S. The Morgan fingerprint density at radius 3 is 2.61 bits per heavy atom. The maximum atomic E-state index is 12.4. The van der Waals surface area contributed by atoms with E-state index in [0.717, 1.165) is 10.7 Å². The highest BCUT2D eigenvalue weighted by Crippen LogP contribution is 2.27. The molecule has 1 amide bonds. The summed E-state index contributed by atoms with van der Waals surface area (Å²) in [6.45, 7) is 5.80. The van der Waals surface area contributed by atoms with Crippen molar-refractivity contribution in [2.75, 3.05) is 12.4 Å². The molecular weight excluding hydrogens is 316 g/mol. The molecule has 0 aliphatic rings. The molecule has 0 aliphatic carbocycles. The number of rotatable bonds is 4. The molecule has 0 spiro atoms. The first-order valence-corrected chi connectivity index (χ1v) is 7.85. The normalized spacial score (nSPS) is 10.7. The van der Waals surface area contributed by atoms with Gasteiger partial charge in [-0.15, -0.1) is 11.3 Å². The number of thiazole rings is 1. The lowest BCUT2D eigenvalue weighted by Gasteiger charge is -2.09. The number of phenolic OH excluding ortho intramolecular Hbond substituents is 1. The largest absolute Gasteiger partial charge is 0.507 e. The number of aryl methyl sites for hydroxylation is 1. The summed E-state index contributed by atoms with van der Waals surface area (Å²) >= 11 is 1.33. The molecule has 122 valence electrons. The Kier molecular flexibility index (Phi) is 5.00. The Bertz CT molecular complexity index is 753. The number of hydrogen-bond acceptors (Lipinski definition) is 6. The van der Waals surface area contributed by atoms with Gasteiger partial charge in [-0.1, -0.05) is 13.8 Å². The van der Waals surface area contributed by atoms with Gasteiger partial charge >= 0.3 is 5.97 Å². The van der Waals surface area contributed by atoms with Crippen molar-refractivity contribution in [3.05, 3.63) is 39.3 Å². The van der Waals surface area contributed by atoms with E-state index in [9.17, 15) is 14.7 Å². The molecule has 1 aromatic carbocycles. The summed E-state index contributed by atoms with van der Waals surface area (Å²) in [6.07, 6.45) is 0. The highest BCUT2D eigenvalue weighted by Gasteiger charge is 2.20. The molecule has 0 fully saturated rings. The van der Waals surface area contributed by atoms with Crippen molar-refractivity contribution < 1.29 is 19.4 Å². The molecule has 1 aromatic heterocycles. The van der Waals surface area contributed by atoms with Gasteiger partial charge in [-0.05, 0) is 25.0 Å². The number of carbonyl (C=O) groups excluding carboxylic acids is 2. The van der Waals surface area contributed by atoms with E-state index in [2.05, 4.69) is 15.0 Å². The number of anilines is 1. The van der Waals surface area contributed by atoms with Crippen LogP contribution in [0.1, 0.15) is 50.5 Å². The lowest BCUT2D eigenvalue weighted by molar-refractivity contribution is 0.0597. The first-order chi connectivity index (χ1) is 10.8. The van der Waals surface area contributed by atoms with Crippen molar-refractivity contribution >= 4 is 28.9 Å². The molecule has 0 atom stereocenters. The summed E-state index contributed by atoms with van der Waals surface area (Å²) in [5.41, 5.74) is 1.18. The van der Waals surface area contributed by atoms with Crippen LogP contribution in [0.25, 0.3) is 0 Å². The molecule has 1 heterocycles. The van der Waals surface area contributed by atoms with Crippen molar-refractivity contribution in [1.82, 2.24) is 4.98 Å². The quantitative estimate of drug-likeness (QED) is 0.837. The third kappa shape index (κ3) is 3.68. The van der Waals surface area contributed by atoms with E-state index >= 15 is 0 Å². The number of aromatic hydroxyl groups is 1. The molecule has 0 bridgehead atoms. The second-order valence-electron chi connectivity index (χ2n) is 5.28. The second kappa shape index (κ2) is 6.78. The van der Waals surface area contributed by atoms with E-state index in [1.54, 1.807) is 0 Å². The van der Waals surface area contributed by atoms with Crippen LogP contribution in [0.4, 0.5) is 5.69 Å². The van der Waals surface area contributed by atoms with Crippen molar-refractivity contribution in [3.8, 4) is 5.75 Å². The Morgan fingerprint density at radius 1 is 1.35 bits per heavy atom. The Labute approximate surface area is 138 Å². The molecule has 23 heavy (non-hydrogen) atoms. The fourth-order valence-electron chi connectivity index (χ4n) is 2.08. The topological polar surface area (TPSA) is 88.5 Å². The third-order valence-electron chi connectivity index (χ3n) is 3.17. The third-order valence-corrected chi connectivity index (χ3v) is 4.16. The number of phenols is 1. The van der Waals surface area contributed by atoms with Crippen LogP contribution in [0.5, 0.6) is 5.75 Å². The number of nitrogens with zero attached hydrogens (tertiary/aromatic N) is 1. The van der Waals surface area contributed by atoms with Crippen LogP contribution in [0.15, 0.2) is 18.2 Å². The van der Waals surface area contributed by atoms with E-state index in [4.69, 9.17) is 0 Å². The average Bonchev–Trinajstić information content (AvgIpc) is 2.89. The molecule has 2 N–H and O–H groups in total. The predicted molar refractivity (Wildman–Crippen MR) is 88.3 cm³/mol. The predicted octanol–water partition coefficient (Wildman–Crippen LogP) is 3.32. The van der Waals surface area contributed by atoms with Crippen LogP contribution in [-0.4, -0.2) is 29.1 Å². The zero-order valence-corrected chi connectivity index (χ0v) is 14.2. The number of carbonyl (C=O) groups is 2. The molecule has 2 rings (SSSR count). The average molecular weight is 334 g/mol. The molecule has 0 unspecified atom stereocenters. The van der Waals surface area contributed by atoms with E-state index in [0.29, 0.717) is 10.6 Å². The molecule has 0 radical (unpaired) electrons. The lowest BCUT2D eigenvalue weighted by atomic mass is 10.1. The van der Waals surface area contributed by atoms with Crippen LogP contribution in [-0.2, 0) is 4.74 Å². The molecule has 0 aliphatic heterocycles. The first-order valence-electron chi connectivity index (χ1n) is 7.03. The van der Waals surface area contributed by atoms with Gasteiger partial charge in [0.25, 0.3) is 5.91 Å². The summed E-state index contributed by atoms with van der Waals surface area (Å²) in [5.74, 6) is -1.04. The van der Waals surface area contributed by atoms with Crippen LogP contribution in [0.3, 0.4) is 0 Å². The van der Waals surface area contributed by atoms with Gasteiger partial charge in [0, 0.05) is 11.8 Å². The number of amides is 1. The van der Waals surface area contributed by atoms with Crippen molar-refractivity contribution in [2.24, 2.45) is 0 Å². The maximum Gasteiger partial charge on any atom is 0.341 e. The number of esters is 1. The molecule has 0 saturated heterocycles. The van der Waals surface area contributed by atoms with Crippen LogP contribution in [0, 0.1) is 6.92 Å². The fraction of sp³-hybridized carbons (Fsp3) is 0.312. The summed E-state index contributed by atoms with van der Waals surface area (Å²) in [7, 11) is 1.23. The van der Waals surface area contributed by atoms with Crippen LogP contribution >= 0.6 is 11.3 Å². The number of hydrogen-bond donors (Lipinski definition) is 2. The van der Waals surface area contributed by atoms with Gasteiger partial charge in [-0.2, -0.15) is 0 Å². The summed E-state index contributed by atoms with van der Waals surface area (Å²) < 4.78 is 4.56. The minimum atomic E-state index is -0.638. The Balaban J connectivity index is 2.24.